The molecule has 1 N–H and O–H groups in total. The number of hydrogen-bond acceptors (Lipinski definition) is 5. The highest BCUT2D eigenvalue weighted by molar-refractivity contribution is 5.94. The average Bonchev–Trinajstić information content (AvgIpc) is 3.53. The Hall–Kier alpha value is -3.76. The number of nitrogens with one attached hydrogen (secondary N) is 1. The third-order valence-electron chi connectivity index (χ3n) is 6.20. The molecule has 4 heterocycles. The fraction of sp³-hybridized carbons (Fsp3) is 0.348. The minimum absolute atomic E-state index is 0.0590. The molecule has 3 aromatic rings. The third kappa shape index (κ3) is 4.13. The van der Waals surface area contributed by atoms with E-state index < -0.39 is 24.2 Å². The van der Waals surface area contributed by atoms with Crippen LogP contribution in [0, 0.1) is 0 Å². The molecule has 0 unspecified atom stereocenters. The minimum Gasteiger partial charge on any atom is -0.459 e. The van der Waals surface area contributed by atoms with Gasteiger partial charge < -0.3 is 19.5 Å². The number of aromatic nitrogens is 2. The smallest absolute Gasteiger partial charge is 0.410 e. The molecule has 0 aliphatic carbocycles. The van der Waals surface area contributed by atoms with Crippen LogP contribution < -0.4 is 5.32 Å². The van der Waals surface area contributed by atoms with Gasteiger partial charge in [0.25, 0.3) is 11.8 Å². The second-order valence-electron chi connectivity index (χ2n) is 8.32. The zero-order valence-electron chi connectivity index (χ0n) is 18.0. The first kappa shape index (κ1) is 22.1. The quantitative estimate of drug-likeness (QED) is 0.627. The summed E-state index contributed by atoms with van der Waals surface area (Å²) in [4.78, 5) is 28.5. The molecular weight excluding hydrogens is 451 g/mol. The Kier molecular flexibility index (Phi) is 5.54. The molecule has 2 aliphatic rings. The number of benzene rings is 1. The monoisotopic (exact) mass is 473 g/mol. The average molecular weight is 473 g/mol. The molecule has 8 nitrogen and oxygen atoms in total. The van der Waals surface area contributed by atoms with Gasteiger partial charge in [-0.15, -0.1) is 0 Å². The molecule has 1 saturated heterocycles. The van der Waals surface area contributed by atoms with Crippen molar-refractivity contribution in [2.45, 2.75) is 24.7 Å². The van der Waals surface area contributed by atoms with E-state index in [1.807, 2.05) is 0 Å². The van der Waals surface area contributed by atoms with Crippen LogP contribution in [0.1, 0.15) is 45.1 Å². The van der Waals surface area contributed by atoms with Gasteiger partial charge in [0, 0.05) is 38.7 Å². The first-order valence-electron chi connectivity index (χ1n) is 10.9. The van der Waals surface area contributed by atoms with Gasteiger partial charge in [-0.3, -0.25) is 9.59 Å². The lowest BCUT2D eigenvalue weighted by Crippen LogP contribution is -2.50. The molecule has 34 heavy (non-hydrogen) atoms. The van der Waals surface area contributed by atoms with Crippen molar-refractivity contribution in [2.24, 2.45) is 0 Å². The number of nitrogens with zero attached hydrogens (tertiary/aromatic N) is 4. The summed E-state index contributed by atoms with van der Waals surface area (Å²) in [6, 6.07) is 11.1. The standard InChI is InChI=1S/C23H22F3N5O3/c24-23(25,26)19-13-16(15-5-2-1-3-6-15)27-20-14-17(28-31(19)20)21(32)29-8-10-30(11-9-29)22(33)18-7-4-12-34-18/h1-7,12,14,16,19,27H,8-11,13H2/t16-,19+/m0/s1. The maximum absolute atomic E-state index is 13.9. The van der Waals surface area contributed by atoms with Crippen LogP contribution >= 0.6 is 0 Å². The normalized spacial score (nSPS) is 20.6. The molecule has 2 aromatic heterocycles. The molecule has 2 atom stereocenters. The Balaban J connectivity index is 1.33. The molecular formula is C23H22F3N5O3. The van der Waals surface area contributed by atoms with Crippen LogP contribution in [0.5, 0.6) is 0 Å². The zero-order chi connectivity index (χ0) is 23.9. The van der Waals surface area contributed by atoms with E-state index in [1.165, 1.54) is 17.2 Å². The van der Waals surface area contributed by atoms with Gasteiger partial charge in [-0.2, -0.15) is 18.3 Å². The van der Waals surface area contributed by atoms with Crippen molar-refractivity contribution in [1.82, 2.24) is 19.6 Å². The molecule has 0 spiro atoms. The van der Waals surface area contributed by atoms with Crippen molar-refractivity contribution in [3.05, 3.63) is 71.8 Å². The summed E-state index contributed by atoms with van der Waals surface area (Å²) >= 11 is 0. The number of carbonyl (C=O) groups excluding carboxylic acids is 2. The maximum atomic E-state index is 13.9. The van der Waals surface area contributed by atoms with Crippen molar-refractivity contribution >= 4 is 17.6 Å². The molecule has 178 valence electrons. The van der Waals surface area contributed by atoms with E-state index in [0.717, 1.165) is 10.2 Å². The topological polar surface area (TPSA) is 83.6 Å². The Morgan fingerprint density at radius 1 is 0.971 bits per heavy atom. The Morgan fingerprint density at radius 2 is 1.65 bits per heavy atom. The van der Waals surface area contributed by atoms with Crippen molar-refractivity contribution in [3.63, 3.8) is 0 Å². The van der Waals surface area contributed by atoms with Crippen molar-refractivity contribution in [1.29, 1.82) is 0 Å². The lowest BCUT2D eigenvalue weighted by molar-refractivity contribution is -0.173. The fourth-order valence-corrected chi connectivity index (χ4v) is 4.41. The highest BCUT2D eigenvalue weighted by Crippen LogP contribution is 2.43. The number of amides is 2. The summed E-state index contributed by atoms with van der Waals surface area (Å²) in [6.45, 7) is 1.07. The van der Waals surface area contributed by atoms with E-state index in [4.69, 9.17) is 4.42 Å². The minimum atomic E-state index is -4.52. The largest absolute Gasteiger partial charge is 0.459 e. The van der Waals surface area contributed by atoms with Crippen molar-refractivity contribution < 1.29 is 27.2 Å². The predicted octanol–water partition coefficient (Wildman–Crippen LogP) is 3.73. The SMILES string of the molecule is O=C(c1cc2n(n1)[C@@H](C(F)(F)F)C[C@@H](c1ccccc1)N2)N1CCN(C(=O)c2ccco2)CC1. The first-order chi connectivity index (χ1) is 16.3. The summed E-state index contributed by atoms with van der Waals surface area (Å²) < 4.78 is 47.6. The molecule has 2 amide bonds. The van der Waals surface area contributed by atoms with E-state index >= 15 is 0 Å². The van der Waals surface area contributed by atoms with Gasteiger partial charge in [0.1, 0.15) is 5.82 Å². The summed E-state index contributed by atoms with van der Waals surface area (Å²) in [5.74, 6) is -0.360. The number of hydrogen-bond donors (Lipinski definition) is 1. The molecule has 0 radical (unpaired) electrons. The Labute approximate surface area is 192 Å². The van der Waals surface area contributed by atoms with Crippen LogP contribution in [-0.2, 0) is 0 Å². The molecule has 2 aliphatic heterocycles. The van der Waals surface area contributed by atoms with E-state index in [-0.39, 0.29) is 42.7 Å². The van der Waals surface area contributed by atoms with Gasteiger partial charge in [0.05, 0.1) is 12.3 Å². The number of anilines is 1. The van der Waals surface area contributed by atoms with Crippen LogP contribution in [-0.4, -0.2) is 63.7 Å². The van der Waals surface area contributed by atoms with Crippen LogP contribution in [0.25, 0.3) is 0 Å². The van der Waals surface area contributed by atoms with Gasteiger partial charge >= 0.3 is 6.18 Å². The van der Waals surface area contributed by atoms with Crippen molar-refractivity contribution in [3.8, 4) is 0 Å². The molecule has 1 aromatic carbocycles. The van der Waals surface area contributed by atoms with Crippen LogP contribution in [0.15, 0.2) is 59.2 Å². The van der Waals surface area contributed by atoms with Gasteiger partial charge in [0.2, 0.25) is 0 Å². The molecule has 5 rings (SSSR count). The van der Waals surface area contributed by atoms with E-state index in [1.54, 1.807) is 47.4 Å². The van der Waals surface area contributed by atoms with E-state index in [0.29, 0.717) is 13.1 Å². The predicted molar refractivity (Wildman–Crippen MR) is 115 cm³/mol. The van der Waals surface area contributed by atoms with Crippen LogP contribution in [0.4, 0.5) is 19.0 Å². The molecule has 11 heteroatoms. The fourth-order valence-electron chi connectivity index (χ4n) is 4.41. The van der Waals surface area contributed by atoms with Gasteiger partial charge in [-0.25, -0.2) is 4.68 Å². The summed E-state index contributed by atoms with van der Waals surface area (Å²) in [6.07, 6.45) is -3.34. The lowest BCUT2D eigenvalue weighted by atomic mass is 9.97. The second kappa shape index (κ2) is 8.54. The number of alkyl halides is 3. The number of fused-ring (bicyclic) bond motifs is 1. The Morgan fingerprint density at radius 3 is 2.26 bits per heavy atom. The van der Waals surface area contributed by atoms with Crippen LogP contribution in [0.3, 0.4) is 0 Å². The van der Waals surface area contributed by atoms with Crippen molar-refractivity contribution in [2.75, 3.05) is 31.5 Å². The second-order valence-corrected chi connectivity index (χ2v) is 8.32. The molecule has 0 saturated carbocycles. The van der Waals surface area contributed by atoms with Gasteiger partial charge in [0.15, 0.2) is 17.5 Å². The lowest BCUT2D eigenvalue weighted by Gasteiger charge is -2.34. The number of halogens is 3. The highest BCUT2D eigenvalue weighted by Gasteiger charge is 2.47. The summed E-state index contributed by atoms with van der Waals surface area (Å²) in [5, 5.41) is 7.14. The third-order valence-corrected chi connectivity index (χ3v) is 6.20. The first-order valence-corrected chi connectivity index (χ1v) is 10.9. The zero-order valence-corrected chi connectivity index (χ0v) is 18.0. The van der Waals surface area contributed by atoms with Gasteiger partial charge in [-0.1, -0.05) is 30.3 Å². The maximum Gasteiger partial charge on any atom is 0.410 e. The summed E-state index contributed by atoms with van der Waals surface area (Å²) in [5.41, 5.74) is 0.672. The Bertz CT molecular complexity index is 1170. The number of rotatable bonds is 3. The van der Waals surface area contributed by atoms with Gasteiger partial charge in [-0.05, 0) is 17.7 Å². The highest BCUT2D eigenvalue weighted by atomic mass is 19.4. The van der Waals surface area contributed by atoms with E-state index in [2.05, 4.69) is 10.4 Å². The summed E-state index contributed by atoms with van der Waals surface area (Å²) in [7, 11) is 0. The van der Waals surface area contributed by atoms with E-state index in [9.17, 15) is 22.8 Å². The molecule has 1 fully saturated rings. The number of piperazine rings is 1. The number of carbonyl (C=O) groups is 2. The van der Waals surface area contributed by atoms with Crippen LogP contribution in [0.2, 0.25) is 0 Å². The number of furan rings is 1. The molecule has 0 bridgehead atoms.